The zero-order valence-corrected chi connectivity index (χ0v) is 17.9. The van der Waals surface area contributed by atoms with E-state index in [4.69, 9.17) is 23.2 Å². The number of hydrogen-bond donors (Lipinski definition) is 1. The largest absolute Gasteiger partial charge is 0.354 e. The average molecular weight is 421 g/mol. The molecule has 2 amide bonds. The van der Waals surface area contributed by atoms with Crippen LogP contribution in [-0.4, -0.2) is 29.3 Å². The third-order valence-corrected chi connectivity index (χ3v) is 5.04. The monoisotopic (exact) mass is 420 g/mol. The van der Waals surface area contributed by atoms with Gasteiger partial charge in [-0.05, 0) is 42.2 Å². The number of amides is 2. The molecule has 0 spiro atoms. The lowest BCUT2D eigenvalue weighted by molar-refractivity contribution is -0.140. The molecule has 2 aromatic carbocycles. The van der Waals surface area contributed by atoms with Crippen molar-refractivity contribution in [1.29, 1.82) is 0 Å². The lowest BCUT2D eigenvalue weighted by atomic mass is 10.1. The van der Waals surface area contributed by atoms with Gasteiger partial charge >= 0.3 is 0 Å². The lowest BCUT2D eigenvalue weighted by Crippen LogP contribution is -2.48. The van der Waals surface area contributed by atoms with Crippen LogP contribution >= 0.6 is 23.2 Å². The highest BCUT2D eigenvalue weighted by atomic mass is 35.5. The first-order valence-electron chi connectivity index (χ1n) is 9.33. The van der Waals surface area contributed by atoms with E-state index in [2.05, 4.69) is 5.32 Å². The second-order valence-electron chi connectivity index (χ2n) is 7.23. The van der Waals surface area contributed by atoms with E-state index >= 15 is 0 Å². The van der Waals surface area contributed by atoms with Crippen molar-refractivity contribution in [3.63, 3.8) is 0 Å². The Morgan fingerprint density at radius 2 is 1.64 bits per heavy atom. The molecule has 2 rings (SSSR count). The summed E-state index contributed by atoms with van der Waals surface area (Å²) < 4.78 is 0. The van der Waals surface area contributed by atoms with Crippen LogP contribution in [0, 0.1) is 5.92 Å². The Bertz CT molecular complexity index is 806. The molecule has 0 unspecified atom stereocenters. The number of carbonyl (C=O) groups is 2. The minimum Gasteiger partial charge on any atom is -0.354 e. The summed E-state index contributed by atoms with van der Waals surface area (Å²) in [5.41, 5.74) is 1.64. The van der Waals surface area contributed by atoms with Crippen LogP contribution in [0.25, 0.3) is 0 Å². The van der Waals surface area contributed by atoms with Crippen molar-refractivity contribution >= 4 is 35.0 Å². The van der Waals surface area contributed by atoms with Crippen molar-refractivity contribution in [3.8, 4) is 0 Å². The number of carbonyl (C=O) groups excluding carboxylic acids is 2. The van der Waals surface area contributed by atoms with Gasteiger partial charge in [0.05, 0.1) is 6.42 Å². The third kappa shape index (κ3) is 6.54. The molecule has 0 aliphatic carbocycles. The van der Waals surface area contributed by atoms with E-state index in [1.54, 1.807) is 30.0 Å². The van der Waals surface area contributed by atoms with Gasteiger partial charge < -0.3 is 10.2 Å². The summed E-state index contributed by atoms with van der Waals surface area (Å²) in [6.45, 7) is 6.68. The number of nitrogens with one attached hydrogen (secondary N) is 1. The van der Waals surface area contributed by atoms with E-state index in [1.807, 2.05) is 44.2 Å². The number of halogens is 2. The Morgan fingerprint density at radius 1 is 1.00 bits per heavy atom. The van der Waals surface area contributed by atoms with Crippen molar-refractivity contribution in [2.24, 2.45) is 5.92 Å². The van der Waals surface area contributed by atoms with E-state index in [0.717, 1.165) is 11.1 Å². The van der Waals surface area contributed by atoms with Crippen molar-refractivity contribution < 1.29 is 9.59 Å². The first kappa shape index (κ1) is 22.3. The summed E-state index contributed by atoms with van der Waals surface area (Å²) in [5.74, 6) is 0.00473. The maximum Gasteiger partial charge on any atom is 0.242 e. The van der Waals surface area contributed by atoms with Gasteiger partial charge in [0, 0.05) is 23.1 Å². The molecular weight excluding hydrogens is 395 g/mol. The fraction of sp³-hybridized carbons (Fsp3) is 0.364. The van der Waals surface area contributed by atoms with E-state index in [0.29, 0.717) is 29.1 Å². The highest BCUT2D eigenvalue weighted by molar-refractivity contribution is 6.31. The molecule has 0 aliphatic rings. The molecule has 0 saturated carbocycles. The second kappa shape index (κ2) is 10.5. The summed E-state index contributed by atoms with van der Waals surface area (Å²) in [4.78, 5) is 27.3. The Morgan fingerprint density at radius 3 is 2.25 bits per heavy atom. The summed E-state index contributed by atoms with van der Waals surface area (Å²) in [6.07, 6.45) is 0.134. The summed E-state index contributed by atoms with van der Waals surface area (Å²) in [7, 11) is 0. The quantitative estimate of drug-likeness (QED) is 0.670. The van der Waals surface area contributed by atoms with Gasteiger partial charge in [-0.1, -0.05) is 67.4 Å². The van der Waals surface area contributed by atoms with Crippen LogP contribution in [0.5, 0.6) is 0 Å². The van der Waals surface area contributed by atoms with Crippen LogP contribution in [0.3, 0.4) is 0 Å². The highest BCUT2D eigenvalue weighted by Crippen LogP contribution is 2.19. The summed E-state index contributed by atoms with van der Waals surface area (Å²) >= 11 is 12.2. The van der Waals surface area contributed by atoms with Gasteiger partial charge in [-0.25, -0.2) is 0 Å². The Balaban J connectivity index is 2.21. The number of hydrogen-bond acceptors (Lipinski definition) is 2. The van der Waals surface area contributed by atoms with Crippen molar-refractivity contribution in [3.05, 3.63) is 69.7 Å². The van der Waals surface area contributed by atoms with E-state index in [9.17, 15) is 9.59 Å². The summed E-state index contributed by atoms with van der Waals surface area (Å²) in [6, 6.07) is 13.9. The molecule has 0 aromatic heterocycles. The maximum absolute atomic E-state index is 13.1. The average Bonchev–Trinajstić information content (AvgIpc) is 2.66. The zero-order chi connectivity index (χ0) is 20.7. The van der Waals surface area contributed by atoms with Crippen LogP contribution in [0.4, 0.5) is 0 Å². The van der Waals surface area contributed by atoms with Gasteiger partial charge in [-0.15, -0.1) is 0 Å². The van der Waals surface area contributed by atoms with Crippen molar-refractivity contribution in [2.45, 2.75) is 39.8 Å². The Hall–Kier alpha value is -2.04. The predicted octanol–water partition coefficient (Wildman–Crippen LogP) is 4.73. The van der Waals surface area contributed by atoms with Gasteiger partial charge in [-0.2, -0.15) is 0 Å². The summed E-state index contributed by atoms with van der Waals surface area (Å²) in [5, 5.41) is 4.07. The minimum absolute atomic E-state index is 0.134. The number of benzene rings is 2. The van der Waals surface area contributed by atoms with Crippen LogP contribution in [0.2, 0.25) is 10.0 Å². The van der Waals surface area contributed by atoms with Crippen molar-refractivity contribution in [1.82, 2.24) is 10.2 Å². The molecule has 0 aliphatic heterocycles. The van der Waals surface area contributed by atoms with Gasteiger partial charge in [0.15, 0.2) is 0 Å². The first-order valence-corrected chi connectivity index (χ1v) is 10.1. The smallest absolute Gasteiger partial charge is 0.242 e. The molecule has 4 nitrogen and oxygen atoms in total. The van der Waals surface area contributed by atoms with Crippen LogP contribution in [0.1, 0.15) is 31.9 Å². The van der Waals surface area contributed by atoms with E-state index in [-0.39, 0.29) is 18.2 Å². The molecule has 0 heterocycles. The minimum atomic E-state index is -0.607. The standard InChI is InChI=1S/C22H26Cl2N2O2/c1-15(2)13-25-22(28)16(3)26(14-17-8-10-19(23)11-9-17)21(27)12-18-6-4-5-7-20(18)24/h4-11,15-16H,12-14H2,1-3H3,(H,25,28)/t16-/m1/s1. The zero-order valence-electron chi connectivity index (χ0n) is 16.4. The van der Waals surface area contributed by atoms with Crippen LogP contribution in [-0.2, 0) is 22.6 Å². The first-order chi connectivity index (χ1) is 13.3. The number of rotatable bonds is 8. The molecule has 1 N–H and O–H groups in total. The van der Waals surface area contributed by atoms with Crippen LogP contribution < -0.4 is 5.32 Å². The van der Waals surface area contributed by atoms with E-state index in [1.165, 1.54) is 0 Å². The lowest BCUT2D eigenvalue weighted by Gasteiger charge is -2.29. The molecule has 0 fully saturated rings. The predicted molar refractivity (Wildman–Crippen MR) is 114 cm³/mol. The Kier molecular flexibility index (Phi) is 8.34. The van der Waals surface area contributed by atoms with E-state index < -0.39 is 6.04 Å². The van der Waals surface area contributed by atoms with Gasteiger partial charge in [0.2, 0.25) is 11.8 Å². The molecule has 0 bridgehead atoms. The molecule has 150 valence electrons. The third-order valence-electron chi connectivity index (χ3n) is 4.42. The molecule has 0 saturated heterocycles. The maximum atomic E-state index is 13.1. The topological polar surface area (TPSA) is 49.4 Å². The van der Waals surface area contributed by atoms with Gasteiger partial charge in [0.1, 0.15) is 6.04 Å². The molecule has 28 heavy (non-hydrogen) atoms. The van der Waals surface area contributed by atoms with Gasteiger partial charge in [-0.3, -0.25) is 9.59 Å². The molecular formula is C22H26Cl2N2O2. The fourth-order valence-electron chi connectivity index (χ4n) is 2.73. The fourth-order valence-corrected chi connectivity index (χ4v) is 3.06. The molecule has 0 radical (unpaired) electrons. The van der Waals surface area contributed by atoms with Gasteiger partial charge in [0.25, 0.3) is 0 Å². The highest BCUT2D eigenvalue weighted by Gasteiger charge is 2.26. The van der Waals surface area contributed by atoms with Crippen molar-refractivity contribution in [2.75, 3.05) is 6.54 Å². The van der Waals surface area contributed by atoms with Crippen LogP contribution in [0.15, 0.2) is 48.5 Å². The Labute approximate surface area is 176 Å². The molecule has 1 atom stereocenters. The normalized spacial score (nSPS) is 11.9. The number of nitrogens with zero attached hydrogens (tertiary/aromatic N) is 1. The molecule has 6 heteroatoms. The second-order valence-corrected chi connectivity index (χ2v) is 8.07. The molecule has 2 aromatic rings. The SMILES string of the molecule is CC(C)CNC(=O)[C@@H](C)N(Cc1ccc(Cl)cc1)C(=O)Cc1ccccc1Cl.